The summed E-state index contributed by atoms with van der Waals surface area (Å²) in [4.78, 5) is 15.4. The first-order valence-electron chi connectivity index (χ1n) is 8.30. The number of aromatic nitrogens is 4. The molecule has 0 saturated carbocycles. The van der Waals surface area contributed by atoms with Gasteiger partial charge in [-0.2, -0.15) is 5.10 Å². The molecule has 2 N–H and O–H groups in total. The Morgan fingerprint density at radius 3 is 2.73 bits per heavy atom. The number of hydrogen-bond donors (Lipinski definition) is 2. The molecule has 0 atom stereocenters. The lowest BCUT2D eigenvalue weighted by Gasteiger charge is -2.14. The number of H-pyrrole nitrogens is 1. The number of anilines is 2. The Morgan fingerprint density at radius 2 is 2.00 bits per heavy atom. The SMILES string of the molecule is Cc1noc(C)c1-c1cc2[nH]ccc2cc1Nc1cnn(C)c(=O)c1C. The van der Waals surface area contributed by atoms with Crippen LogP contribution >= 0.6 is 0 Å². The maximum Gasteiger partial charge on any atom is 0.271 e. The number of aromatic amines is 1. The van der Waals surface area contributed by atoms with Crippen LogP contribution in [0.15, 0.2) is 39.9 Å². The van der Waals surface area contributed by atoms with Gasteiger partial charge >= 0.3 is 0 Å². The van der Waals surface area contributed by atoms with Crippen molar-refractivity contribution in [3.05, 3.63) is 58.0 Å². The van der Waals surface area contributed by atoms with E-state index in [0.29, 0.717) is 11.3 Å². The Labute approximate surface area is 149 Å². The van der Waals surface area contributed by atoms with Crippen LogP contribution in [0.2, 0.25) is 0 Å². The molecule has 0 radical (unpaired) electrons. The predicted molar refractivity (Wildman–Crippen MR) is 101 cm³/mol. The van der Waals surface area contributed by atoms with E-state index in [4.69, 9.17) is 4.52 Å². The number of hydrogen-bond acceptors (Lipinski definition) is 5. The molecule has 0 unspecified atom stereocenters. The molecule has 0 saturated heterocycles. The summed E-state index contributed by atoms with van der Waals surface area (Å²) >= 11 is 0. The molecule has 0 aliphatic carbocycles. The Hall–Kier alpha value is -3.35. The van der Waals surface area contributed by atoms with Crippen molar-refractivity contribution in [1.82, 2.24) is 19.9 Å². The normalized spacial score (nSPS) is 11.2. The van der Waals surface area contributed by atoms with E-state index < -0.39 is 0 Å². The third-order valence-electron chi connectivity index (χ3n) is 4.64. The highest BCUT2D eigenvalue weighted by Gasteiger charge is 2.18. The molecule has 132 valence electrons. The first-order valence-corrected chi connectivity index (χ1v) is 8.30. The summed E-state index contributed by atoms with van der Waals surface area (Å²) < 4.78 is 6.68. The van der Waals surface area contributed by atoms with Crippen molar-refractivity contribution < 1.29 is 4.52 Å². The summed E-state index contributed by atoms with van der Waals surface area (Å²) in [5.74, 6) is 0.746. The number of nitrogens with zero attached hydrogens (tertiary/aromatic N) is 3. The molecule has 3 aromatic heterocycles. The lowest BCUT2D eigenvalue weighted by atomic mass is 10.00. The van der Waals surface area contributed by atoms with E-state index in [1.165, 1.54) is 4.68 Å². The Bertz CT molecular complexity index is 1160. The molecule has 0 bridgehead atoms. The van der Waals surface area contributed by atoms with Gasteiger partial charge in [0.15, 0.2) is 0 Å². The highest BCUT2D eigenvalue weighted by molar-refractivity contribution is 5.94. The molecule has 26 heavy (non-hydrogen) atoms. The van der Waals surface area contributed by atoms with Crippen molar-refractivity contribution in [1.29, 1.82) is 0 Å². The van der Waals surface area contributed by atoms with E-state index in [9.17, 15) is 4.79 Å². The monoisotopic (exact) mass is 349 g/mol. The van der Waals surface area contributed by atoms with E-state index in [-0.39, 0.29) is 5.56 Å². The van der Waals surface area contributed by atoms with Crippen molar-refractivity contribution in [3.63, 3.8) is 0 Å². The fourth-order valence-corrected chi connectivity index (χ4v) is 3.20. The number of fused-ring (bicyclic) bond motifs is 1. The van der Waals surface area contributed by atoms with Crippen LogP contribution in [0.25, 0.3) is 22.0 Å². The van der Waals surface area contributed by atoms with Gasteiger partial charge in [0.05, 0.1) is 17.6 Å². The molecule has 1 aromatic carbocycles. The zero-order valence-corrected chi connectivity index (χ0v) is 15.0. The molecule has 0 fully saturated rings. The summed E-state index contributed by atoms with van der Waals surface area (Å²) in [6.45, 7) is 5.60. The molecule has 0 aliphatic rings. The predicted octanol–water partition coefficient (Wildman–Crippen LogP) is 3.59. The molecule has 0 spiro atoms. The number of benzene rings is 1. The lowest BCUT2D eigenvalue weighted by Crippen LogP contribution is -2.22. The molecule has 0 amide bonds. The van der Waals surface area contributed by atoms with Gasteiger partial charge in [-0.3, -0.25) is 4.79 Å². The molecule has 0 aliphatic heterocycles. The molecule has 7 heteroatoms. The minimum Gasteiger partial charge on any atom is -0.361 e. The van der Waals surface area contributed by atoms with Gasteiger partial charge in [0.1, 0.15) is 5.76 Å². The van der Waals surface area contributed by atoms with E-state index in [0.717, 1.165) is 39.2 Å². The van der Waals surface area contributed by atoms with Crippen LogP contribution < -0.4 is 10.9 Å². The van der Waals surface area contributed by atoms with Crippen LogP contribution in [0.3, 0.4) is 0 Å². The first kappa shape index (κ1) is 16.1. The molecule has 4 aromatic rings. The maximum atomic E-state index is 12.2. The Morgan fingerprint density at radius 1 is 1.19 bits per heavy atom. The van der Waals surface area contributed by atoms with Crippen LogP contribution in [0.4, 0.5) is 11.4 Å². The number of nitrogens with one attached hydrogen (secondary N) is 2. The van der Waals surface area contributed by atoms with Gasteiger partial charge in [-0.25, -0.2) is 4.68 Å². The van der Waals surface area contributed by atoms with Crippen LogP contribution in [0, 0.1) is 20.8 Å². The van der Waals surface area contributed by atoms with Crippen molar-refractivity contribution >= 4 is 22.3 Å². The minimum atomic E-state index is -0.128. The molecule has 7 nitrogen and oxygen atoms in total. The molecule has 3 heterocycles. The molecular formula is C19H19N5O2. The smallest absolute Gasteiger partial charge is 0.271 e. The summed E-state index contributed by atoms with van der Waals surface area (Å²) in [5.41, 5.74) is 5.76. The van der Waals surface area contributed by atoms with Crippen LogP contribution in [-0.2, 0) is 7.05 Å². The maximum absolute atomic E-state index is 12.2. The fourth-order valence-electron chi connectivity index (χ4n) is 3.20. The first-order chi connectivity index (χ1) is 12.5. The number of rotatable bonds is 3. The standard InChI is InChI=1S/C19H19N5O2/c1-10-17(9-21-24(4)19(10)25)22-16-7-13-5-6-20-15(13)8-14(16)18-11(2)23-26-12(18)3/h5-9,20,22H,1-4H3. The quantitative estimate of drug-likeness (QED) is 0.590. The topological polar surface area (TPSA) is 88.7 Å². The summed E-state index contributed by atoms with van der Waals surface area (Å²) in [6, 6.07) is 6.12. The second kappa shape index (κ2) is 5.87. The third kappa shape index (κ3) is 2.48. The largest absolute Gasteiger partial charge is 0.361 e. The van der Waals surface area contributed by atoms with Gasteiger partial charge in [0.25, 0.3) is 5.56 Å². The lowest BCUT2D eigenvalue weighted by molar-refractivity contribution is 0.393. The van der Waals surface area contributed by atoms with Gasteiger partial charge in [0, 0.05) is 46.5 Å². The van der Waals surface area contributed by atoms with Gasteiger partial charge in [-0.15, -0.1) is 0 Å². The minimum absolute atomic E-state index is 0.128. The van der Waals surface area contributed by atoms with Gasteiger partial charge in [-0.1, -0.05) is 5.16 Å². The highest BCUT2D eigenvalue weighted by atomic mass is 16.5. The highest BCUT2D eigenvalue weighted by Crippen LogP contribution is 2.37. The zero-order valence-electron chi connectivity index (χ0n) is 15.0. The molecular weight excluding hydrogens is 330 g/mol. The van der Waals surface area contributed by atoms with Crippen molar-refractivity contribution in [2.24, 2.45) is 7.05 Å². The van der Waals surface area contributed by atoms with E-state index >= 15 is 0 Å². The average molecular weight is 349 g/mol. The van der Waals surface area contributed by atoms with Crippen molar-refractivity contribution in [3.8, 4) is 11.1 Å². The summed E-state index contributed by atoms with van der Waals surface area (Å²) in [5, 5.41) is 12.6. The summed E-state index contributed by atoms with van der Waals surface area (Å²) in [6.07, 6.45) is 3.56. The van der Waals surface area contributed by atoms with Gasteiger partial charge < -0.3 is 14.8 Å². The molecule has 4 rings (SSSR count). The van der Waals surface area contributed by atoms with Crippen molar-refractivity contribution in [2.45, 2.75) is 20.8 Å². The van der Waals surface area contributed by atoms with Crippen LogP contribution in [0.1, 0.15) is 17.0 Å². The van der Waals surface area contributed by atoms with E-state index in [2.05, 4.69) is 26.6 Å². The van der Waals surface area contributed by atoms with Crippen LogP contribution in [0.5, 0.6) is 0 Å². The Kier molecular flexibility index (Phi) is 3.64. The fraction of sp³-hybridized carbons (Fsp3) is 0.211. The third-order valence-corrected chi connectivity index (χ3v) is 4.64. The van der Waals surface area contributed by atoms with E-state index in [1.54, 1.807) is 20.2 Å². The van der Waals surface area contributed by atoms with Gasteiger partial charge in [0.2, 0.25) is 0 Å². The van der Waals surface area contributed by atoms with E-state index in [1.807, 2.05) is 32.2 Å². The van der Waals surface area contributed by atoms with Crippen molar-refractivity contribution in [2.75, 3.05) is 5.32 Å². The Balaban J connectivity index is 1.93. The summed E-state index contributed by atoms with van der Waals surface area (Å²) in [7, 11) is 1.64. The second-order valence-electron chi connectivity index (χ2n) is 6.40. The zero-order chi connectivity index (χ0) is 18.4. The van der Waals surface area contributed by atoms with Crippen LogP contribution in [-0.4, -0.2) is 19.9 Å². The average Bonchev–Trinajstić information content (AvgIpc) is 3.20. The number of aryl methyl sites for hydroxylation is 3. The van der Waals surface area contributed by atoms with Gasteiger partial charge in [-0.05, 0) is 39.0 Å². The second-order valence-corrected chi connectivity index (χ2v) is 6.40.